The van der Waals surface area contributed by atoms with Gasteiger partial charge in [0.15, 0.2) is 0 Å². The Labute approximate surface area is 254 Å². The highest BCUT2D eigenvalue weighted by Crippen LogP contribution is 2.18. The van der Waals surface area contributed by atoms with Crippen LogP contribution in [0.2, 0.25) is 0 Å². The SMILES string of the molecule is CSCN=COOCCSCSCSCCOC(=O)NCCSCSCSCCN=COOCSCO. The van der Waals surface area contributed by atoms with E-state index in [-0.39, 0.29) is 18.0 Å². The van der Waals surface area contributed by atoms with Crippen LogP contribution < -0.4 is 5.32 Å². The van der Waals surface area contributed by atoms with Crippen molar-refractivity contribution in [2.75, 3.05) is 93.7 Å². The summed E-state index contributed by atoms with van der Waals surface area (Å²) in [6.07, 6.45) is 4.23. The molecule has 18 heteroatoms. The van der Waals surface area contributed by atoms with Crippen LogP contribution in [0, 0.1) is 0 Å². The number of hydrogen-bond donors (Lipinski definition) is 2. The topological polar surface area (TPSA) is 120 Å². The molecule has 0 saturated heterocycles. The second-order valence-electron chi connectivity index (χ2n) is 5.88. The molecule has 1 amide bonds. The average Bonchev–Trinajstić information content (AvgIpc) is 2.90. The van der Waals surface area contributed by atoms with Crippen LogP contribution in [0.3, 0.4) is 0 Å². The maximum atomic E-state index is 11.7. The Morgan fingerprint density at radius 2 is 1.46 bits per heavy atom. The number of amides is 1. The van der Waals surface area contributed by atoms with Gasteiger partial charge in [-0.1, -0.05) is 0 Å². The maximum Gasteiger partial charge on any atom is 0.407 e. The highest BCUT2D eigenvalue weighted by atomic mass is 32.2. The Hall–Kier alpha value is 0.890. The Balaban J connectivity index is 3.20. The quantitative estimate of drug-likeness (QED) is 0.0280. The number of alkyl carbamates (subject to hydrolysis) is 1. The van der Waals surface area contributed by atoms with Crippen LogP contribution in [0.5, 0.6) is 0 Å². The lowest BCUT2D eigenvalue weighted by molar-refractivity contribution is -0.210. The molecule has 0 bridgehead atoms. The summed E-state index contributed by atoms with van der Waals surface area (Å²) in [5, 5.41) is 15.3. The van der Waals surface area contributed by atoms with E-state index in [1.165, 1.54) is 24.6 Å². The molecule has 0 fully saturated rings. The van der Waals surface area contributed by atoms with Gasteiger partial charge in [-0.05, 0) is 6.26 Å². The van der Waals surface area contributed by atoms with Crippen molar-refractivity contribution >= 4 is 113 Å². The minimum Gasteiger partial charge on any atom is -0.449 e. The second-order valence-corrected chi connectivity index (χ2v) is 15.5. The molecule has 0 atom stereocenters. The van der Waals surface area contributed by atoms with Gasteiger partial charge in [0, 0.05) is 49.9 Å². The van der Waals surface area contributed by atoms with Gasteiger partial charge in [0.25, 0.3) is 0 Å². The van der Waals surface area contributed by atoms with Crippen molar-refractivity contribution in [3.8, 4) is 0 Å². The number of hydrogen-bond acceptors (Lipinski definition) is 17. The smallest absolute Gasteiger partial charge is 0.407 e. The number of aliphatic imine (C=N–C) groups is 2. The predicted octanol–water partition coefficient (Wildman–Crippen LogP) is 4.86. The van der Waals surface area contributed by atoms with Crippen molar-refractivity contribution in [3.63, 3.8) is 0 Å². The van der Waals surface area contributed by atoms with Gasteiger partial charge in [0.1, 0.15) is 19.2 Å². The Kier molecular flexibility index (Phi) is 35.8. The summed E-state index contributed by atoms with van der Waals surface area (Å²) >= 11 is 13.7. The first-order valence-corrected chi connectivity index (χ1v) is 20.4. The number of aliphatic hydroxyl groups is 1. The lowest BCUT2D eigenvalue weighted by atomic mass is 10.7. The van der Waals surface area contributed by atoms with Crippen LogP contribution in [0.25, 0.3) is 0 Å². The molecule has 0 rings (SSSR count). The Bertz CT molecular complexity index is 546. The van der Waals surface area contributed by atoms with Crippen molar-refractivity contribution in [3.05, 3.63) is 0 Å². The van der Waals surface area contributed by atoms with E-state index in [9.17, 15) is 4.79 Å². The first-order valence-electron chi connectivity index (χ1n) is 10.9. The largest absolute Gasteiger partial charge is 0.449 e. The molecule has 0 heterocycles. The molecule has 0 aliphatic carbocycles. The zero-order chi connectivity index (χ0) is 26.9. The molecule has 0 saturated carbocycles. The molecule has 0 aromatic rings. The third-order valence-corrected chi connectivity index (χ3v) is 11.2. The van der Waals surface area contributed by atoms with E-state index in [1.54, 1.807) is 47.0 Å². The number of thioether (sulfide) groups is 8. The summed E-state index contributed by atoms with van der Waals surface area (Å²) < 4.78 is 5.19. The van der Waals surface area contributed by atoms with Crippen LogP contribution in [0.1, 0.15) is 0 Å². The molecule has 0 spiro atoms. The lowest BCUT2D eigenvalue weighted by Gasteiger charge is -2.07. The molecule has 0 aliphatic rings. The Morgan fingerprint density at radius 1 is 0.811 bits per heavy atom. The van der Waals surface area contributed by atoms with Crippen molar-refractivity contribution in [1.29, 1.82) is 0 Å². The highest BCUT2D eigenvalue weighted by Gasteiger charge is 2.01. The van der Waals surface area contributed by atoms with Gasteiger partial charge in [-0.2, -0.15) is 9.78 Å². The molecule has 0 aliphatic heterocycles. The minimum absolute atomic E-state index is 0.00102. The molecule has 0 radical (unpaired) electrons. The summed E-state index contributed by atoms with van der Waals surface area (Å²) in [4.78, 5) is 38.9. The van der Waals surface area contributed by atoms with Crippen LogP contribution >= 0.6 is 94.1 Å². The summed E-state index contributed by atoms with van der Waals surface area (Å²) in [7, 11) is 0. The molecular weight excluding hydrogens is 639 g/mol. The number of nitrogens with zero attached hydrogens (tertiary/aromatic N) is 2. The van der Waals surface area contributed by atoms with Crippen molar-refractivity contribution < 1.29 is 34.2 Å². The zero-order valence-electron chi connectivity index (χ0n) is 20.8. The molecule has 0 aromatic heterocycles. The van der Waals surface area contributed by atoms with Crippen LogP contribution in [-0.2, 0) is 24.3 Å². The molecule has 0 unspecified atom stereocenters. The van der Waals surface area contributed by atoms with Gasteiger partial charge >= 0.3 is 6.09 Å². The van der Waals surface area contributed by atoms with Crippen molar-refractivity contribution in [2.45, 2.75) is 0 Å². The number of rotatable bonds is 29. The minimum atomic E-state index is -0.351. The van der Waals surface area contributed by atoms with Crippen molar-refractivity contribution in [1.82, 2.24) is 5.32 Å². The highest BCUT2D eigenvalue weighted by molar-refractivity contribution is 8.23. The van der Waals surface area contributed by atoms with E-state index in [4.69, 9.17) is 29.4 Å². The molecular formula is C19H37N3O7S8. The van der Waals surface area contributed by atoms with E-state index in [0.29, 0.717) is 32.2 Å². The fourth-order valence-electron chi connectivity index (χ4n) is 1.65. The number of carbonyl (C=O) groups is 1. The van der Waals surface area contributed by atoms with E-state index >= 15 is 0 Å². The van der Waals surface area contributed by atoms with Crippen molar-refractivity contribution in [2.24, 2.45) is 9.98 Å². The second kappa shape index (κ2) is 34.9. The molecule has 10 nitrogen and oxygen atoms in total. The molecule has 2 N–H and O–H groups in total. The number of carbonyl (C=O) groups excluding carboxylic acids is 1. The monoisotopic (exact) mass is 675 g/mol. The Morgan fingerprint density at radius 3 is 2.19 bits per heavy atom. The average molecular weight is 676 g/mol. The summed E-state index contributed by atoms with van der Waals surface area (Å²) in [6, 6.07) is 0. The van der Waals surface area contributed by atoms with Crippen LogP contribution in [-0.4, -0.2) is 118 Å². The standard InChI is InChI=1S/C19H37N3O7S8/c1-30-12-21-11-27-26-5-9-34-18-37-17-33-8-4-25-19(24)22-3-7-32-16-36-15-31-6-2-20-10-28-29-14-35-13-23/h10-11,23H,2-9,12-18H2,1H3,(H,22,24). The fourth-order valence-corrected chi connectivity index (χ4v) is 8.46. The van der Waals surface area contributed by atoms with Gasteiger partial charge in [-0.15, -0.1) is 94.1 Å². The zero-order valence-corrected chi connectivity index (χ0v) is 27.4. The van der Waals surface area contributed by atoms with Gasteiger partial charge in [0.05, 0.1) is 18.4 Å². The fraction of sp³-hybridized carbons (Fsp3) is 0.842. The van der Waals surface area contributed by atoms with Gasteiger partial charge in [-0.25, -0.2) is 9.79 Å². The number of aliphatic hydroxyl groups excluding tert-OH is 1. The first kappa shape index (κ1) is 37.9. The third-order valence-electron chi connectivity index (χ3n) is 3.12. The van der Waals surface area contributed by atoms with Gasteiger partial charge in [0.2, 0.25) is 12.8 Å². The third kappa shape index (κ3) is 34.9. The normalized spacial score (nSPS) is 11.4. The van der Waals surface area contributed by atoms with Crippen LogP contribution in [0.15, 0.2) is 9.98 Å². The lowest BCUT2D eigenvalue weighted by Crippen LogP contribution is -2.27. The molecule has 218 valence electrons. The van der Waals surface area contributed by atoms with Gasteiger partial charge < -0.3 is 24.9 Å². The summed E-state index contributed by atoms with van der Waals surface area (Å²) in [5.74, 6) is 4.36. The summed E-state index contributed by atoms with van der Waals surface area (Å²) in [6.45, 7) is 2.21. The van der Waals surface area contributed by atoms with Gasteiger partial charge in [-0.3, -0.25) is 4.99 Å². The van der Waals surface area contributed by atoms with Crippen LogP contribution in [0.4, 0.5) is 4.79 Å². The number of ether oxygens (including phenoxy) is 1. The maximum absolute atomic E-state index is 11.7. The van der Waals surface area contributed by atoms with E-state index < -0.39 is 0 Å². The molecule has 37 heavy (non-hydrogen) atoms. The van der Waals surface area contributed by atoms with E-state index in [2.05, 4.69) is 15.3 Å². The number of nitrogens with one attached hydrogen (secondary N) is 1. The van der Waals surface area contributed by atoms with E-state index in [1.807, 2.05) is 41.5 Å². The predicted molar refractivity (Wildman–Crippen MR) is 173 cm³/mol. The van der Waals surface area contributed by atoms with E-state index in [0.717, 1.165) is 43.4 Å². The summed E-state index contributed by atoms with van der Waals surface area (Å²) in [5.41, 5.74) is 0. The first-order chi connectivity index (χ1) is 18.3. The molecule has 0 aromatic carbocycles.